The predicted molar refractivity (Wildman–Crippen MR) is 151 cm³/mol. The Morgan fingerprint density at radius 1 is 1.02 bits per heavy atom. The number of carboxylic acid groups (broad SMARTS) is 1. The molecule has 3 aromatic heterocycles. The van der Waals surface area contributed by atoms with Crippen LogP contribution in [0.1, 0.15) is 18.0 Å². The number of aromatic nitrogens is 5. The van der Waals surface area contributed by atoms with Crippen LogP contribution >= 0.6 is 23.5 Å². The molecule has 0 radical (unpaired) electrons. The molecule has 3 aromatic rings. The van der Waals surface area contributed by atoms with Gasteiger partial charge in [-0.25, -0.2) is 28.4 Å². The number of fused-ring (bicyclic) bond motifs is 1. The van der Waals surface area contributed by atoms with E-state index in [0.717, 1.165) is 17.2 Å². The zero-order valence-corrected chi connectivity index (χ0v) is 27.2. The summed E-state index contributed by atoms with van der Waals surface area (Å²) in [6.07, 6.45) is -8.80. The molecule has 270 valence electrons. The first-order valence-corrected chi connectivity index (χ1v) is 18.2. The van der Waals surface area contributed by atoms with Gasteiger partial charge in [-0.15, -0.1) is 0 Å². The number of nitrogens with two attached hydrogens (primary N) is 1. The third-order valence-electron chi connectivity index (χ3n) is 7.10. The summed E-state index contributed by atoms with van der Waals surface area (Å²) in [6, 6.07) is 2.94. The molecular weight excluding hydrogens is 729 g/mol. The SMILES string of the molecule is Nc1ncnc2c1ncn2[C@@H]1O[C@H](COP(=O)(O)OP(=O)([O-])OC[C@H]2O[C@@H]([n+]3cccc(CC(=O)O)c3)[C@H](O)[C@@H]2O)[C@@H](O)[C@H]1OP(=O)(O)O. The van der Waals surface area contributed by atoms with Crippen LogP contribution in [0.4, 0.5) is 5.82 Å². The summed E-state index contributed by atoms with van der Waals surface area (Å²) in [5.41, 5.74) is 6.12. The molecule has 9 N–H and O–H groups in total. The van der Waals surface area contributed by atoms with Crippen molar-refractivity contribution in [3.8, 4) is 0 Å². The van der Waals surface area contributed by atoms with E-state index in [1.807, 2.05) is 0 Å². The fourth-order valence-corrected chi connectivity index (χ4v) is 7.61. The second-order valence-electron chi connectivity index (χ2n) is 10.6. The van der Waals surface area contributed by atoms with Crippen molar-refractivity contribution < 1.29 is 90.4 Å². The van der Waals surface area contributed by atoms with Gasteiger partial charge in [0.1, 0.15) is 42.4 Å². The maximum Gasteiger partial charge on any atom is 0.478 e. The molecule has 0 saturated carbocycles. The molecule has 24 nitrogen and oxygen atoms in total. The molecule has 0 aromatic carbocycles. The summed E-state index contributed by atoms with van der Waals surface area (Å²) in [4.78, 5) is 64.0. The van der Waals surface area contributed by atoms with Crippen molar-refractivity contribution in [3.05, 3.63) is 42.7 Å². The highest BCUT2D eigenvalue weighted by Gasteiger charge is 2.51. The smallest absolute Gasteiger partial charge is 0.478 e. The number of carboxylic acids is 1. The van der Waals surface area contributed by atoms with E-state index in [2.05, 4.69) is 32.8 Å². The zero-order chi connectivity index (χ0) is 35.9. The minimum absolute atomic E-state index is 0.00770. The van der Waals surface area contributed by atoms with Gasteiger partial charge in [0.2, 0.25) is 0 Å². The number of aliphatic carboxylic acids is 1. The number of ether oxygens (including phenoxy) is 2. The standard InChI is InChI=1S/C22H29N6O18P3/c23-19-14-20(25-8-24-19)28(9-26-14)22-18(45-47(34,35)36)16(32)12(44-22)7-42-49(39,40)46-48(37,38)41-6-11-15(31)17(33)21(43-11)27-3-1-2-10(5-27)4-13(29)30/h1-3,5,8-9,11-12,15-18,21-22,31-33H,4,6-7H2,(H6-,23,24,25,29,30,34,35,36,37,38,39,40)/t11-,12-,15-,16-,17-,18-,21-,22-/m1/s1. The van der Waals surface area contributed by atoms with Crippen LogP contribution in [0.5, 0.6) is 0 Å². The summed E-state index contributed by atoms with van der Waals surface area (Å²) in [5.74, 6) is -1.20. The van der Waals surface area contributed by atoms with Gasteiger partial charge in [0, 0.05) is 11.6 Å². The lowest BCUT2D eigenvalue weighted by molar-refractivity contribution is -0.766. The molecule has 5 rings (SSSR count). The highest BCUT2D eigenvalue weighted by Crippen LogP contribution is 2.58. The van der Waals surface area contributed by atoms with Gasteiger partial charge in [0.05, 0.1) is 26.0 Å². The van der Waals surface area contributed by atoms with Gasteiger partial charge in [-0.3, -0.25) is 23.0 Å². The van der Waals surface area contributed by atoms with Crippen LogP contribution in [0.3, 0.4) is 0 Å². The Bertz CT molecular complexity index is 1830. The molecule has 2 aliphatic rings. The third kappa shape index (κ3) is 8.90. The van der Waals surface area contributed by atoms with E-state index < -0.39 is 91.7 Å². The van der Waals surface area contributed by atoms with Gasteiger partial charge in [0.15, 0.2) is 36.2 Å². The number of phosphoric acid groups is 3. The summed E-state index contributed by atoms with van der Waals surface area (Å²) in [6.45, 7) is -2.13. The first kappa shape index (κ1) is 37.4. The first-order chi connectivity index (χ1) is 22.8. The van der Waals surface area contributed by atoms with E-state index in [1.54, 1.807) is 0 Å². The molecule has 5 heterocycles. The van der Waals surface area contributed by atoms with Crippen LogP contribution < -0.4 is 15.2 Å². The Labute approximate surface area is 273 Å². The molecule has 10 atom stereocenters. The summed E-state index contributed by atoms with van der Waals surface area (Å²) >= 11 is 0. The number of nitrogens with zero attached hydrogens (tertiary/aromatic N) is 5. The first-order valence-electron chi connectivity index (χ1n) is 13.7. The van der Waals surface area contributed by atoms with Gasteiger partial charge < -0.3 is 59.7 Å². The Balaban J connectivity index is 1.20. The Kier molecular flexibility index (Phi) is 11.0. The number of pyridine rings is 1. The van der Waals surface area contributed by atoms with Crippen LogP contribution in [0.15, 0.2) is 37.2 Å². The quantitative estimate of drug-likeness (QED) is 0.0599. The maximum atomic E-state index is 12.5. The van der Waals surface area contributed by atoms with E-state index >= 15 is 0 Å². The Morgan fingerprint density at radius 2 is 1.71 bits per heavy atom. The molecule has 2 saturated heterocycles. The van der Waals surface area contributed by atoms with Crippen molar-refractivity contribution in [2.45, 2.75) is 55.5 Å². The predicted octanol–water partition coefficient (Wildman–Crippen LogP) is -3.00. The Morgan fingerprint density at radius 3 is 2.41 bits per heavy atom. The van der Waals surface area contributed by atoms with Crippen molar-refractivity contribution >= 4 is 46.4 Å². The molecule has 0 bridgehead atoms. The van der Waals surface area contributed by atoms with E-state index in [1.165, 1.54) is 29.1 Å². The highest BCUT2D eigenvalue weighted by molar-refractivity contribution is 7.60. The van der Waals surface area contributed by atoms with Crippen LogP contribution in [0.25, 0.3) is 11.2 Å². The second-order valence-corrected chi connectivity index (χ2v) is 14.8. The van der Waals surface area contributed by atoms with Gasteiger partial charge in [-0.05, 0) is 6.07 Å². The number of phosphoric ester groups is 3. The monoisotopic (exact) mass is 758 g/mol. The minimum atomic E-state index is -5.73. The number of aliphatic hydroxyl groups excluding tert-OH is 3. The van der Waals surface area contributed by atoms with E-state index in [9.17, 15) is 53.4 Å². The molecule has 0 aliphatic carbocycles. The van der Waals surface area contributed by atoms with Crippen LogP contribution in [0.2, 0.25) is 0 Å². The molecule has 49 heavy (non-hydrogen) atoms. The van der Waals surface area contributed by atoms with Crippen LogP contribution in [-0.2, 0) is 52.3 Å². The number of carbonyl (C=O) groups is 1. The summed E-state index contributed by atoms with van der Waals surface area (Å²) < 4.78 is 68.0. The lowest BCUT2D eigenvalue weighted by Crippen LogP contribution is -2.46. The fraction of sp³-hybridized carbons (Fsp3) is 0.500. The van der Waals surface area contributed by atoms with Crippen molar-refractivity contribution in [1.29, 1.82) is 0 Å². The van der Waals surface area contributed by atoms with Gasteiger partial charge in [-0.1, -0.05) is 0 Å². The lowest BCUT2D eigenvalue weighted by atomic mass is 10.1. The number of nitrogen functional groups attached to an aromatic ring is 1. The molecule has 2 fully saturated rings. The summed E-state index contributed by atoms with van der Waals surface area (Å²) in [7, 11) is -16.6. The molecular formula is C22H29N6O18P3. The molecule has 27 heteroatoms. The number of aliphatic hydroxyl groups is 3. The van der Waals surface area contributed by atoms with Gasteiger partial charge in [-0.2, -0.15) is 4.57 Å². The average molecular weight is 758 g/mol. The van der Waals surface area contributed by atoms with Gasteiger partial charge in [0.25, 0.3) is 14.1 Å². The van der Waals surface area contributed by atoms with Crippen LogP contribution in [0, 0.1) is 0 Å². The zero-order valence-electron chi connectivity index (χ0n) is 24.5. The number of hydrogen-bond acceptors (Lipinski definition) is 18. The Hall–Kier alpha value is -2.86. The second kappa shape index (κ2) is 14.4. The normalized spacial score (nSPS) is 29.9. The topological polar surface area (TPSA) is 362 Å². The maximum absolute atomic E-state index is 12.5. The molecule has 2 unspecified atom stereocenters. The average Bonchev–Trinajstić information content (AvgIpc) is 3.64. The van der Waals surface area contributed by atoms with Crippen LogP contribution in [-0.4, -0.2) is 110 Å². The van der Waals surface area contributed by atoms with Gasteiger partial charge >= 0.3 is 21.6 Å². The fourth-order valence-electron chi connectivity index (χ4n) is 5.01. The van der Waals surface area contributed by atoms with Crippen molar-refractivity contribution in [2.24, 2.45) is 0 Å². The minimum Gasteiger partial charge on any atom is -0.756 e. The number of anilines is 1. The van der Waals surface area contributed by atoms with E-state index in [4.69, 9.17) is 20.3 Å². The molecule has 0 spiro atoms. The van der Waals surface area contributed by atoms with E-state index in [-0.39, 0.29) is 23.4 Å². The number of rotatable bonds is 14. The van der Waals surface area contributed by atoms with Crippen molar-refractivity contribution in [3.63, 3.8) is 0 Å². The number of hydrogen-bond donors (Lipinski definition) is 8. The number of imidazole rings is 1. The molecule has 0 amide bonds. The lowest BCUT2D eigenvalue weighted by Gasteiger charge is -2.26. The molecule has 2 aliphatic heterocycles. The van der Waals surface area contributed by atoms with Crippen molar-refractivity contribution in [1.82, 2.24) is 19.5 Å². The van der Waals surface area contributed by atoms with Crippen molar-refractivity contribution in [2.75, 3.05) is 18.9 Å². The largest absolute Gasteiger partial charge is 0.756 e. The third-order valence-corrected chi connectivity index (χ3v) is 10.2. The van der Waals surface area contributed by atoms with E-state index in [0.29, 0.717) is 5.56 Å². The summed E-state index contributed by atoms with van der Waals surface area (Å²) in [5, 5.41) is 40.6. The highest BCUT2D eigenvalue weighted by atomic mass is 31.3.